The standard InChI is InChI=1S/C12H18N2O3S/c1-2-9-3-4-10(7-11(9)13)18(16,17)14-12(8-15)5-6-12/h3-4,7,14-15H,2,5-6,8,13H2,1H3. The van der Waals surface area contributed by atoms with Gasteiger partial charge < -0.3 is 10.8 Å². The van der Waals surface area contributed by atoms with Gasteiger partial charge in [0.05, 0.1) is 17.0 Å². The van der Waals surface area contributed by atoms with E-state index in [0.717, 1.165) is 12.0 Å². The summed E-state index contributed by atoms with van der Waals surface area (Å²) in [5, 5.41) is 9.15. The molecule has 0 amide bonds. The molecule has 1 aromatic rings. The Balaban J connectivity index is 2.27. The predicted octanol–water partition coefficient (Wildman–Crippen LogP) is 0.634. The van der Waals surface area contributed by atoms with E-state index in [1.165, 1.54) is 6.07 Å². The molecule has 1 saturated carbocycles. The van der Waals surface area contributed by atoms with Gasteiger partial charge in [0.2, 0.25) is 10.0 Å². The third-order valence-corrected chi connectivity index (χ3v) is 4.89. The molecule has 0 aromatic heterocycles. The maximum Gasteiger partial charge on any atom is 0.241 e. The van der Waals surface area contributed by atoms with Crippen molar-refractivity contribution in [2.45, 2.75) is 36.6 Å². The molecule has 0 heterocycles. The molecule has 5 nitrogen and oxygen atoms in total. The lowest BCUT2D eigenvalue weighted by molar-refractivity contribution is 0.246. The number of aryl methyl sites for hydroxylation is 1. The Kier molecular flexibility index (Phi) is 3.35. The number of nitrogens with two attached hydrogens (primary N) is 1. The number of rotatable bonds is 5. The topological polar surface area (TPSA) is 92.4 Å². The van der Waals surface area contributed by atoms with E-state index in [9.17, 15) is 8.42 Å². The van der Waals surface area contributed by atoms with E-state index in [2.05, 4.69) is 4.72 Å². The van der Waals surface area contributed by atoms with Crippen LogP contribution in [-0.4, -0.2) is 25.7 Å². The zero-order chi connectivity index (χ0) is 13.4. The Bertz CT molecular complexity index is 550. The highest BCUT2D eigenvalue weighted by molar-refractivity contribution is 7.89. The lowest BCUT2D eigenvalue weighted by Gasteiger charge is -2.15. The van der Waals surface area contributed by atoms with Crippen LogP contribution < -0.4 is 10.5 Å². The molecule has 1 aliphatic rings. The van der Waals surface area contributed by atoms with Crippen molar-refractivity contribution in [3.05, 3.63) is 23.8 Å². The van der Waals surface area contributed by atoms with Crippen molar-refractivity contribution < 1.29 is 13.5 Å². The quantitative estimate of drug-likeness (QED) is 0.684. The van der Waals surface area contributed by atoms with Crippen molar-refractivity contribution in [3.8, 4) is 0 Å². The van der Waals surface area contributed by atoms with Crippen LogP contribution in [0.25, 0.3) is 0 Å². The normalized spacial score (nSPS) is 17.7. The summed E-state index contributed by atoms with van der Waals surface area (Å²) in [6.07, 6.45) is 2.11. The molecule has 18 heavy (non-hydrogen) atoms. The van der Waals surface area contributed by atoms with Crippen LogP contribution >= 0.6 is 0 Å². The van der Waals surface area contributed by atoms with Crippen LogP contribution in [-0.2, 0) is 16.4 Å². The van der Waals surface area contributed by atoms with Gasteiger partial charge in [0.25, 0.3) is 0 Å². The number of aliphatic hydroxyl groups excluding tert-OH is 1. The van der Waals surface area contributed by atoms with E-state index in [4.69, 9.17) is 10.8 Å². The lowest BCUT2D eigenvalue weighted by atomic mass is 10.1. The molecule has 6 heteroatoms. The third kappa shape index (κ3) is 2.50. The average molecular weight is 270 g/mol. The summed E-state index contributed by atoms with van der Waals surface area (Å²) in [5.74, 6) is 0. The number of anilines is 1. The molecule has 0 unspecified atom stereocenters. The zero-order valence-electron chi connectivity index (χ0n) is 10.3. The summed E-state index contributed by atoms with van der Waals surface area (Å²) < 4.78 is 26.8. The minimum Gasteiger partial charge on any atom is -0.398 e. The average Bonchev–Trinajstić information content (AvgIpc) is 3.08. The summed E-state index contributed by atoms with van der Waals surface area (Å²) in [5.41, 5.74) is 6.55. The molecule has 2 rings (SSSR count). The summed E-state index contributed by atoms with van der Waals surface area (Å²) in [6.45, 7) is 1.79. The lowest BCUT2D eigenvalue weighted by Crippen LogP contribution is -2.39. The number of sulfonamides is 1. The second-order valence-corrected chi connectivity index (χ2v) is 6.44. The number of benzene rings is 1. The molecular weight excluding hydrogens is 252 g/mol. The largest absolute Gasteiger partial charge is 0.398 e. The number of aliphatic hydroxyl groups is 1. The second kappa shape index (κ2) is 4.53. The van der Waals surface area contributed by atoms with Gasteiger partial charge in [-0.3, -0.25) is 0 Å². The fraction of sp³-hybridized carbons (Fsp3) is 0.500. The van der Waals surface area contributed by atoms with Gasteiger partial charge in [-0.05, 0) is 37.0 Å². The molecule has 0 atom stereocenters. The van der Waals surface area contributed by atoms with Gasteiger partial charge in [-0.1, -0.05) is 13.0 Å². The van der Waals surface area contributed by atoms with E-state index in [-0.39, 0.29) is 11.5 Å². The van der Waals surface area contributed by atoms with Crippen LogP contribution in [0, 0.1) is 0 Å². The Morgan fingerprint density at radius 3 is 2.56 bits per heavy atom. The van der Waals surface area contributed by atoms with Crippen molar-refractivity contribution in [2.24, 2.45) is 0 Å². The molecule has 1 fully saturated rings. The van der Waals surface area contributed by atoms with E-state index in [1.54, 1.807) is 12.1 Å². The third-order valence-electron chi connectivity index (χ3n) is 3.32. The zero-order valence-corrected chi connectivity index (χ0v) is 11.1. The predicted molar refractivity (Wildman–Crippen MR) is 69.6 cm³/mol. The maximum absolute atomic E-state index is 12.1. The Hall–Kier alpha value is -1.11. The molecule has 0 aliphatic heterocycles. The van der Waals surface area contributed by atoms with Gasteiger partial charge in [0.15, 0.2) is 0 Å². The summed E-state index contributed by atoms with van der Waals surface area (Å²) in [6, 6.07) is 4.74. The minimum atomic E-state index is -3.61. The first-order valence-electron chi connectivity index (χ1n) is 5.96. The SMILES string of the molecule is CCc1ccc(S(=O)(=O)NC2(CO)CC2)cc1N. The van der Waals surface area contributed by atoms with E-state index in [0.29, 0.717) is 18.5 Å². The van der Waals surface area contributed by atoms with Gasteiger partial charge in [-0.15, -0.1) is 0 Å². The number of nitrogen functional groups attached to an aromatic ring is 1. The van der Waals surface area contributed by atoms with Gasteiger partial charge in [0, 0.05) is 5.69 Å². The summed E-state index contributed by atoms with van der Waals surface area (Å²) >= 11 is 0. The van der Waals surface area contributed by atoms with E-state index < -0.39 is 15.6 Å². The van der Waals surface area contributed by atoms with Crippen LogP contribution in [0.15, 0.2) is 23.1 Å². The minimum absolute atomic E-state index is 0.150. The van der Waals surface area contributed by atoms with E-state index >= 15 is 0 Å². The molecule has 1 aliphatic carbocycles. The van der Waals surface area contributed by atoms with Crippen molar-refractivity contribution in [1.29, 1.82) is 0 Å². The van der Waals surface area contributed by atoms with Crippen LogP contribution in [0.5, 0.6) is 0 Å². The molecule has 0 spiro atoms. The van der Waals surface area contributed by atoms with Gasteiger partial charge in [0.1, 0.15) is 0 Å². The van der Waals surface area contributed by atoms with E-state index in [1.807, 2.05) is 6.92 Å². The molecule has 1 aromatic carbocycles. The summed E-state index contributed by atoms with van der Waals surface area (Å²) in [7, 11) is -3.61. The van der Waals surface area contributed by atoms with Crippen LogP contribution in [0.3, 0.4) is 0 Å². The fourth-order valence-corrected chi connectivity index (χ4v) is 3.34. The monoisotopic (exact) mass is 270 g/mol. The smallest absolute Gasteiger partial charge is 0.241 e. The van der Waals surface area contributed by atoms with Gasteiger partial charge in [-0.2, -0.15) is 0 Å². The first kappa shape index (κ1) is 13.3. The molecular formula is C12H18N2O3S. The van der Waals surface area contributed by atoms with Crippen LogP contribution in [0.1, 0.15) is 25.3 Å². The highest BCUT2D eigenvalue weighted by Gasteiger charge is 2.45. The molecule has 4 N–H and O–H groups in total. The Morgan fingerprint density at radius 1 is 1.44 bits per heavy atom. The van der Waals surface area contributed by atoms with Gasteiger partial charge in [-0.25, -0.2) is 13.1 Å². The molecule has 0 radical (unpaired) electrons. The van der Waals surface area contributed by atoms with Crippen molar-refractivity contribution in [3.63, 3.8) is 0 Å². The maximum atomic E-state index is 12.1. The molecule has 0 saturated heterocycles. The van der Waals surface area contributed by atoms with Crippen molar-refractivity contribution in [2.75, 3.05) is 12.3 Å². The molecule has 0 bridgehead atoms. The number of hydrogen-bond acceptors (Lipinski definition) is 4. The van der Waals surface area contributed by atoms with Crippen molar-refractivity contribution in [1.82, 2.24) is 4.72 Å². The Labute approximate surface area is 107 Å². The first-order chi connectivity index (χ1) is 8.42. The van der Waals surface area contributed by atoms with Crippen LogP contribution in [0.4, 0.5) is 5.69 Å². The number of nitrogens with one attached hydrogen (secondary N) is 1. The highest BCUT2D eigenvalue weighted by Crippen LogP contribution is 2.36. The first-order valence-corrected chi connectivity index (χ1v) is 7.44. The summed E-state index contributed by atoms with van der Waals surface area (Å²) in [4.78, 5) is 0.150. The second-order valence-electron chi connectivity index (χ2n) is 4.76. The number of hydrogen-bond donors (Lipinski definition) is 3. The Morgan fingerprint density at radius 2 is 2.11 bits per heavy atom. The fourth-order valence-electron chi connectivity index (χ4n) is 1.85. The van der Waals surface area contributed by atoms with Crippen molar-refractivity contribution >= 4 is 15.7 Å². The highest BCUT2D eigenvalue weighted by atomic mass is 32.2. The molecule has 100 valence electrons. The van der Waals surface area contributed by atoms with Crippen LogP contribution in [0.2, 0.25) is 0 Å². The van der Waals surface area contributed by atoms with Gasteiger partial charge >= 0.3 is 0 Å².